The van der Waals surface area contributed by atoms with Crippen molar-refractivity contribution in [3.63, 3.8) is 0 Å². The number of rotatable bonds is 5. The predicted octanol–water partition coefficient (Wildman–Crippen LogP) is 2.43. The molecule has 0 radical (unpaired) electrons. The fourth-order valence-electron chi connectivity index (χ4n) is 2.29. The van der Waals surface area contributed by atoms with Crippen molar-refractivity contribution in [2.75, 3.05) is 26.8 Å². The zero-order valence-electron chi connectivity index (χ0n) is 14.2. The van der Waals surface area contributed by atoms with Crippen LogP contribution >= 0.6 is 0 Å². The molecule has 23 heavy (non-hydrogen) atoms. The molecule has 1 amide bonds. The van der Waals surface area contributed by atoms with Crippen LogP contribution in [0.3, 0.4) is 0 Å². The molecule has 1 saturated heterocycles. The van der Waals surface area contributed by atoms with Crippen LogP contribution in [0.15, 0.2) is 18.2 Å². The summed E-state index contributed by atoms with van der Waals surface area (Å²) in [5.41, 5.74) is 0.300. The van der Waals surface area contributed by atoms with E-state index in [1.54, 1.807) is 30.2 Å². The second-order valence-electron chi connectivity index (χ2n) is 6.71. The molecule has 6 nitrogen and oxygen atoms in total. The fourth-order valence-corrected chi connectivity index (χ4v) is 2.29. The molecule has 2 rings (SSSR count). The van der Waals surface area contributed by atoms with Gasteiger partial charge < -0.3 is 24.2 Å². The quantitative estimate of drug-likeness (QED) is 0.901. The number of carbonyl (C=O) groups excluding carboxylic acids is 1. The second kappa shape index (κ2) is 7.08. The Hall–Kier alpha value is -1.95. The summed E-state index contributed by atoms with van der Waals surface area (Å²) in [6.07, 6.45) is -0.279. The van der Waals surface area contributed by atoms with E-state index in [1.807, 2.05) is 20.8 Å². The molecular formula is C17H25NO5. The molecule has 1 aromatic carbocycles. The Bertz CT molecular complexity index is 546. The van der Waals surface area contributed by atoms with Gasteiger partial charge in [0.15, 0.2) is 11.5 Å². The van der Waals surface area contributed by atoms with E-state index >= 15 is 0 Å². The van der Waals surface area contributed by atoms with Crippen LogP contribution < -0.4 is 9.47 Å². The summed E-state index contributed by atoms with van der Waals surface area (Å²) in [6, 6.07) is 5.34. The van der Waals surface area contributed by atoms with Gasteiger partial charge in [-0.25, -0.2) is 4.79 Å². The maximum Gasteiger partial charge on any atom is 0.410 e. The van der Waals surface area contributed by atoms with Gasteiger partial charge in [0.2, 0.25) is 0 Å². The van der Waals surface area contributed by atoms with Gasteiger partial charge in [-0.1, -0.05) is 6.07 Å². The summed E-state index contributed by atoms with van der Waals surface area (Å²) >= 11 is 0. The van der Waals surface area contributed by atoms with Crippen LogP contribution in [0.25, 0.3) is 0 Å². The average molecular weight is 323 g/mol. The van der Waals surface area contributed by atoms with Gasteiger partial charge in [0.1, 0.15) is 5.60 Å². The highest BCUT2D eigenvalue weighted by Crippen LogP contribution is 2.29. The van der Waals surface area contributed by atoms with Crippen molar-refractivity contribution in [3.05, 3.63) is 23.8 Å². The first-order valence-electron chi connectivity index (χ1n) is 7.71. The molecule has 0 spiro atoms. The van der Waals surface area contributed by atoms with E-state index in [0.717, 1.165) is 5.56 Å². The number of aliphatic hydroxyl groups excluding tert-OH is 1. The van der Waals surface area contributed by atoms with Crippen molar-refractivity contribution in [2.45, 2.75) is 33.0 Å². The molecule has 0 bridgehead atoms. The average Bonchev–Trinajstić information content (AvgIpc) is 2.43. The summed E-state index contributed by atoms with van der Waals surface area (Å²) in [7, 11) is 1.57. The van der Waals surface area contributed by atoms with Crippen molar-refractivity contribution in [3.8, 4) is 11.5 Å². The normalized spacial score (nSPS) is 15.1. The molecule has 0 atom stereocenters. The minimum Gasteiger partial charge on any atom is -0.493 e. The number of benzene rings is 1. The van der Waals surface area contributed by atoms with E-state index in [0.29, 0.717) is 31.2 Å². The topological polar surface area (TPSA) is 68.2 Å². The molecule has 1 aliphatic rings. The third-order valence-electron chi connectivity index (χ3n) is 3.49. The van der Waals surface area contributed by atoms with Crippen molar-refractivity contribution in [1.29, 1.82) is 0 Å². The third-order valence-corrected chi connectivity index (χ3v) is 3.49. The predicted molar refractivity (Wildman–Crippen MR) is 85.7 cm³/mol. The van der Waals surface area contributed by atoms with E-state index in [9.17, 15) is 4.79 Å². The summed E-state index contributed by atoms with van der Waals surface area (Å²) in [5, 5.41) is 9.13. The summed E-state index contributed by atoms with van der Waals surface area (Å²) in [6.45, 7) is 7.30. The number of likely N-dealkylation sites (tertiary alicyclic amines) is 1. The lowest BCUT2D eigenvalue weighted by molar-refractivity contribution is -0.00796. The number of nitrogens with zero attached hydrogens (tertiary/aromatic N) is 1. The Morgan fingerprint density at radius 2 is 2.00 bits per heavy atom. The third kappa shape index (κ3) is 4.76. The van der Waals surface area contributed by atoms with Crippen LogP contribution in [-0.4, -0.2) is 48.5 Å². The number of methoxy groups -OCH3 is 1. The van der Waals surface area contributed by atoms with Gasteiger partial charge in [0.25, 0.3) is 0 Å². The number of hydrogen-bond donors (Lipinski definition) is 1. The van der Waals surface area contributed by atoms with Crippen LogP contribution in [0.4, 0.5) is 4.79 Å². The lowest BCUT2D eigenvalue weighted by Crippen LogP contribution is -2.53. The molecule has 6 heteroatoms. The monoisotopic (exact) mass is 323 g/mol. The first kappa shape index (κ1) is 17.4. The summed E-state index contributed by atoms with van der Waals surface area (Å²) in [4.78, 5) is 13.5. The van der Waals surface area contributed by atoms with Crippen molar-refractivity contribution in [1.82, 2.24) is 4.90 Å². The second-order valence-corrected chi connectivity index (χ2v) is 6.71. The highest BCUT2D eigenvalue weighted by atomic mass is 16.6. The van der Waals surface area contributed by atoms with Crippen molar-refractivity contribution >= 4 is 6.09 Å². The van der Waals surface area contributed by atoms with Crippen molar-refractivity contribution < 1.29 is 24.1 Å². The number of carbonyl (C=O) groups is 1. The molecule has 0 unspecified atom stereocenters. The number of aliphatic hydroxyl groups is 1. The van der Waals surface area contributed by atoms with E-state index < -0.39 is 5.60 Å². The van der Waals surface area contributed by atoms with E-state index in [-0.39, 0.29) is 18.6 Å². The number of ether oxygens (including phenoxy) is 3. The Balaban J connectivity index is 1.80. The van der Waals surface area contributed by atoms with Gasteiger partial charge in [0.05, 0.1) is 20.3 Å². The first-order valence-corrected chi connectivity index (χ1v) is 7.71. The van der Waals surface area contributed by atoms with Crippen LogP contribution in [-0.2, 0) is 11.3 Å². The number of hydrogen-bond acceptors (Lipinski definition) is 5. The Morgan fingerprint density at radius 1 is 1.30 bits per heavy atom. The molecule has 1 aliphatic heterocycles. The van der Waals surface area contributed by atoms with Crippen molar-refractivity contribution in [2.24, 2.45) is 5.92 Å². The Kier molecular flexibility index (Phi) is 5.36. The van der Waals surface area contributed by atoms with Crippen LogP contribution in [0.1, 0.15) is 26.3 Å². The SMILES string of the molecule is COc1cc(CO)ccc1OCC1CN(C(=O)OC(C)(C)C)C1. The molecule has 0 aliphatic carbocycles. The molecule has 128 valence electrons. The first-order chi connectivity index (χ1) is 10.8. The maximum absolute atomic E-state index is 11.9. The molecule has 1 N–H and O–H groups in total. The largest absolute Gasteiger partial charge is 0.493 e. The highest BCUT2D eigenvalue weighted by molar-refractivity contribution is 5.69. The minimum atomic E-state index is -0.472. The zero-order chi connectivity index (χ0) is 17.0. The summed E-state index contributed by atoms with van der Waals surface area (Å²) in [5.74, 6) is 1.52. The smallest absolute Gasteiger partial charge is 0.410 e. The van der Waals surface area contributed by atoms with Crippen LogP contribution in [0.5, 0.6) is 11.5 Å². The van der Waals surface area contributed by atoms with Gasteiger partial charge in [-0.3, -0.25) is 0 Å². The molecule has 0 saturated carbocycles. The molecule has 1 fully saturated rings. The van der Waals surface area contributed by atoms with Gasteiger partial charge in [0, 0.05) is 19.0 Å². The molecule has 0 aromatic heterocycles. The zero-order valence-corrected chi connectivity index (χ0v) is 14.2. The lowest BCUT2D eigenvalue weighted by Gasteiger charge is -2.39. The van der Waals surface area contributed by atoms with Gasteiger partial charge >= 0.3 is 6.09 Å². The fraction of sp³-hybridized carbons (Fsp3) is 0.588. The molecule has 1 heterocycles. The number of amides is 1. The molecular weight excluding hydrogens is 298 g/mol. The maximum atomic E-state index is 11.9. The van der Waals surface area contributed by atoms with Gasteiger partial charge in [-0.15, -0.1) is 0 Å². The standard InChI is InChI=1S/C17H25NO5/c1-17(2,3)23-16(20)18-8-13(9-18)11-22-14-6-5-12(10-19)7-15(14)21-4/h5-7,13,19H,8-11H2,1-4H3. The Morgan fingerprint density at radius 3 is 2.57 bits per heavy atom. The van der Waals surface area contributed by atoms with E-state index in [2.05, 4.69) is 0 Å². The van der Waals surface area contributed by atoms with Crippen LogP contribution in [0.2, 0.25) is 0 Å². The molecule has 1 aromatic rings. The summed E-state index contributed by atoms with van der Waals surface area (Å²) < 4.78 is 16.4. The minimum absolute atomic E-state index is 0.0376. The van der Waals surface area contributed by atoms with E-state index in [4.69, 9.17) is 19.3 Å². The highest BCUT2D eigenvalue weighted by Gasteiger charge is 2.34. The Labute approximate surface area is 136 Å². The van der Waals surface area contributed by atoms with Crippen LogP contribution in [0, 0.1) is 5.92 Å². The van der Waals surface area contributed by atoms with Gasteiger partial charge in [-0.05, 0) is 38.5 Å². The lowest BCUT2D eigenvalue weighted by atomic mass is 10.0. The van der Waals surface area contributed by atoms with E-state index in [1.165, 1.54) is 0 Å². The van der Waals surface area contributed by atoms with Gasteiger partial charge in [-0.2, -0.15) is 0 Å².